The molecule has 0 saturated carbocycles. The van der Waals surface area contributed by atoms with Crippen LogP contribution in [0.1, 0.15) is 30.2 Å². The maximum Gasteiger partial charge on any atom is 0.133 e. The number of ether oxygens (including phenoxy) is 1. The zero-order chi connectivity index (χ0) is 13.8. The lowest BCUT2D eigenvalue weighted by Crippen LogP contribution is -2.26. The molecule has 1 saturated heterocycles. The van der Waals surface area contributed by atoms with Gasteiger partial charge in [-0.3, -0.25) is 0 Å². The Morgan fingerprint density at radius 3 is 2.89 bits per heavy atom. The van der Waals surface area contributed by atoms with Crippen LogP contribution < -0.4 is 10.2 Å². The molecule has 1 unspecified atom stereocenters. The second-order valence-electron chi connectivity index (χ2n) is 5.26. The molecule has 1 aromatic rings. The predicted molar refractivity (Wildman–Crippen MR) is 78.7 cm³/mol. The largest absolute Gasteiger partial charge is 0.380 e. The average molecular weight is 263 g/mol. The molecule has 106 valence electrons. The van der Waals surface area contributed by atoms with Crippen LogP contribution >= 0.6 is 0 Å². The third-order valence-corrected chi connectivity index (χ3v) is 3.78. The fourth-order valence-electron chi connectivity index (χ4n) is 2.69. The van der Waals surface area contributed by atoms with Crippen molar-refractivity contribution in [3.05, 3.63) is 22.9 Å². The number of hydrogen-bond donors (Lipinski definition) is 1. The van der Waals surface area contributed by atoms with Crippen molar-refractivity contribution in [2.45, 2.75) is 39.8 Å². The van der Waals surface area contributed by atoms with Crippen LogP contribution in [0.3, 0.4) is 0 Å². The van der Waals surface area contributed by atoms with E-state index >= 15 is 0 Å². The summed E-state index contributed by atoms with van der Waals surface area (Å²) >= 11 is 0. The van der Waals surface area contributed by atoms with Crippen LogP contribution in [0.4, 0.5) is 5.82 Å². The fraction of sp³-hybridized carbons (Fsp3) is 0.667. The highest BCUT2D eigenvalue weighted by atomic mass is 16.5. The first kappa shape index (κ1) is 14.3. The molecule has 1 aliphatic heterocycles. The first-order valence-corrected chi connectivity index (χ1v) is 7.11. The number of nitrogens with zero attached hydrogens (tertiary/aromatic N) is 2. The number of nitrogens with one attached hydrogen (secondary N) is 1. The van der Waals surface area contributed by atoms with E-state index in [9.17, 15) is 0 Å². The van der Waals surface area contributed by atoms with Crippen LogP contribution in [-0.2, 0) is 11.3 Å². The molecule has 0 aromatic carbocycles. The summed E-state index contributed by atoms with van der Waals surface area (Å²) in [5.41, 5.74) is 3.74. The molecule has 1 aromatic heterocycles. The third-order valence-electron chi connectivity index (χ3n) is 3.78. The Hall–Kier alpha value is -1.13. The highest BCUT2D eigenvalue weighted by Crippen LogP contribution is 2.26. The Labute approximate surface area is 116 Å². The van der Waals surface area contributed by atoms with E-state index in [1.165, 1.54) is 11.1 Å². The fourth-order valence-corrected chi connectivity index (χ4v) is 2.69. The molecular weight excluding hydrogens is 238 g/mol. The van der Waals surface area contributed by atoms with Gasteiger partial charge >= 0.3 is 0 Å². The number of pyridine rings is 1. The van der Waals surface area contributed by atoms with E-state index in [-0.39, 0.29) is 0 Å². The number of hydrogen-bond acceptors (Lipinski definition) is 4. The topological polar surface area (TPSA) is 37.4 Å². The van der Waals surface area contributed by atoms with Gasteiger partial charge in [-0.1, -0.05) is 6.92 Å². The van der Waals surface area contributed by atoms with Crippen LogP contribution in [-0.4, -0.2) is 37.8 Å². The Kier molecular flexibility index (Phi) is 4.77. The van der Waals surface area contributed by atoms with Crippen molar-refractivity contribution in [1.29, 1.82) is 0 Å². The van der Waals surface area contributed by atoms with Gasteiger partial charge in [0.1, 0.15) is 5.82 Å². The lowest BCUT2D eigenvalue weighted by Gasteiger charge is -2.23. The molecule has 0 aliphatic carbocycles. The van der Waals surface area contributed by atoms with Gasteiger partial charge in [0.25, 0.3) is 0 Å². The van der Waals surface area contributed by atoms with E-state index in [0.29, 0.717) is 6.10 Å². The summed E-state index contributed by atoms with van der Waals surface area (Å²) < 4.78 is 5.46. The minimum Gasteiger partial charge on any atom is -0.380 e. The van der Waals surface area contributed by atoms with E-state index in [0.717, 1.165) is 44.1 Å². The molecule has 4 heteroatoms. The van der Waals surface area contributed by atoms with E-state index in [1.807, 2.05) is 0 Å². The summed E-state index contributed by atoms with van der Waals surface area (Å²) in [5, 5.41) is 3.42. The molecule has 1 aliphatic rings. The van der Waals surface area contributed by atoms with E-state index in [4.69, 9.17) is 9.72 Å². The molecule has 2 heterocycles. The molecule has 0 radical (unpaired) electrons. The number of aryl methyl sites for hydroxylation is 2. The molecule has 1 N–H and O–H groups in total. The zero-order valence-electron chi connectivity index (χ0n) is 12.5. The van der Waals surface area contributed by atoms with Crippen molar-refractivity contribution in [2.24, 2.45) is 0 Å². The Morgan fingerprint density at radius 2 is 2.26 bits per heavy atom. The number of methoxy groups -OCH3 is 1. The second kappa shape index (κ2) is 6.35. The van der Waals surface area contributed by atoms with Gasteiger partial charge in [0.15, 0.2) is 0 Å². The first-order valence-electron chi connectivity index (χ1n) is 7.11. The van der Waals surface area contributed by atoms with Crippen molar-refractivity contribution in [1.82, 2.24) is 10.3 Å². The lowest BCUT2D eigenvalue weighted by atomic mass is 10.1. The van der Waals surface area contributed by atoms with Crippen molar-refractivity contribution >= 4 is 5.82 Å². The lowest BCUT2D eigenvalue weighted by molar-refractivity contribution is 0.121. The van der Waals surface area contributed by atoms with Gasteiger partial charge in [0.05, 0.1) is 6.10 Å². The SMILES string of the molecule is CCNCc1c(C)cc(C)nc1N1CCC(OC)C1. The maximum absolute atomic E-state index is 5.46. The number of rotatable bonds is 5. The van der Waals surface area contributed by atoms with Gasteiger partial charge in [0.2, 0.25) is 0 Å². The second-order valence-corrected chi connectivity index (χ2v) is 5.26. The van der Waals surface area contributed by atoms with Gasteiger partial charge in [-0.15, -0.1) is 0 Å². The molecule has 4 nitrogen and oxygen atoms in total. The van der Waals surface area contributed by atoms with Crippen molar-refractivity contribution in [2.75, 3.05) is 31.6 Å². The monoisotopic (exact) mass is 263 g/mol. The Morgan fingerprint density at radius 1 is 1.47 bits per heavy atom. The standard InChI is InChI=1S/C15H25N3O/c1-5-16-9-14-11(2)8-12(3)17-15(14)18-7-6-13(10-18)19-4/h8,13,16H,5-7,9-10H2,1-4H3. The highest BCUT2D eigenvalue weighted by Gasteiger charge is 2.25. The average Bonchev–Trinajstić information content (AvgIpc) is 2.85. The van der Waals surface area contributed by atoms with Gasteiger partial charge in [-0.25, -0.2) is 4.98 Å². The zero-order valence-corrected chi connectivity index (χ0v) is 12.5. The van der Waals surface area contributed by atoms with Gasteiger partial charge in [-0.2, -0.15) is 0 Å². The van der Waals surface area contributed by atoms with Gasteiger partial charge in [0, 0.05) is 38.0 Å². The molecule has 1 fully saturated rings. The van der Waals surface area contributed by atoms with Crippen LogP contribution in [0.5, 0.6) is 0 Å². The molecule has 0 spiro atoms. The molecular formula is C15H25N3O. The smallest absolute Gasteiger partial charge is 0.133 e. The minimum absolute atomic E-state index is 0.342. The van der Waals surface area contributed by atoms with Crippen molar-refractivity contribution in [3.63, 3.8) is 0 Å². The van der Waals surface area contributed by atoms with Crippen LogP contribution in [0, 0.1) is 13.8 Å². The summed E-state index contributed by atoms with van der Waals surface area (Å²) in [6.45, 7) is 10.2. The molecule has 19 heavy (non-hydrogen) atoms. The summed E-state index contributed by atoms with van der Waals surface area (Å²) in [4.78, 5) is 7.13. The van der Waals surface area contributed by atoms with E-state index in [1.54, 1.807) is 7.11 Å². The molecule has 1 atom stereocenters. The number of aromatic nitrogens is 1. The minimum atomic E-state index is 0.342. The Balaban J connectivity index is 2.27. The normalized spacial score (nSPS) is 19.2. The van der Waals surface area contributed by atoms with Gasteiger partial charge in [-0.05, 0) is 38.4 Å². The van der Waals surface area contributed by atoms with Crippen LogP contribution in [0.15, 0.2) is 6.07 Å². The summed E-state index contributed by atoms with van der Waals surface area (Å²) in [7, 11) is 1.79. The molecule has 0 amide bonds. The van der Waals surface area contributed by atoms with Crippen LogP contribution in [0.2, 0.25) is 0 Å². The number of anilines is 1. The highest BCUT2D eigenvalue weighted by molar-refractivity contribution is 5.52. The molecule has 2 rings (SSSR count). The Bertz CT molecular complexity index is 434. The maximum atomic E-state index is 5.46. The van der Waals surface area contributed by atoms with E-state index in [2.05, 4.69) is 37.1 Å². The van der Waals surface area contributed by atoms with Crippen molar-refractivity contribution in [3.8, 4) is 0 Å². The predicted octanol–water partition coefficient (Wildman–Crippen LogP) is 2.03. The summed E-state index contributed by atoms with van der Waals surface area (Å²) in [5.74, 6) is 1.14. The summed E-state index contributed by atoms with van der Waals surface area (Å²) in [6, 6.07) is 2.17. The van der Waals surface area contributed by atoms with Gasteiger partial charge < -0.3 is 15.0 Å². The first-order chi connectivity index (χ1) is 9.15. The molecule has 0 bridgehead atoms. The third kappa shape index (κ3) is 3.25. The summed E-state index contributed by atoms with van der Waals surface area (Å²) in [6.07, 6.45) is 1.43. The van der Waals surface area contributed by atoms with Crippen molar-refractivity contribution < 1.29 is 4.74 Å². The van der Waals surface area contributed by atoms with E-state index < -0.39 is 0 Å². The van der Waals surface area contributed by atoms with Crippen LogP contribution in [0.25, 0.3) is 0 Å². The quantitative estimate of drug-likeness (QED) is 0.882.